The molecular formula is C18H17ClN4O4S. The molecule has 0 saturated carbocycles. The van der Waals surface area contributed by atoms with Gasteiger partial charge in [-0.3, -0.25) is 4.98 Å². The van der Waals surface area contributed by atoms with Crippen LogP contribution in [0.25, 0.3) is 10.4 Å². The number of pyridine rings is 1. The van der Waals surface area contributed by atoms with E-state index in [0.29, 0.717) is 5.02 Å². The maximum absolute atomic E-state index is 10.8. The summed E-state index contributed by atoms with van der Waals surface area (Å²) in [6.07, 6.45) is 0.352. The number of halogens is 1. The number of hydrogen-bond donors (Lipinski definition) is 1. The van der Waals surface area contributed by atoms with E-state index in [9.17, 15) is 5.11 Å². The molecule has 2 aromatic rings. The third kappa shape index (κ3) is 4.11. The second-order valence-electron chi connectivity index (χ2n) is 6.36. The minimum atomic E-state index is -1.07. The Kier molecular flexibility index (Phi) is 6.03. The summed E-state index contributed by atoms with van der Waals surface area (Å²) in [7, 11) is 0. The molecule has 0 amide bonds. The highest BCUT2D eigenvalue weighted by molar-refractivity contribution is 7.99. The third-order valence-electron chi connectivity index (χ3n) is 4.52. The highest BCUT2D eigenvalue weighted by Gasteiger charge is 2.49. The molecule has 2 aliphatic heterocycles. The minimum absolute atomic E-state index is 0.249. The van der Waals surface area contributed by atoms with Crippen LogP contribution in [-0.4, -0.2) is 46.5 Å². The molecule has 6 atom stereocenters. The number of nitrogens with zero attached hydrogens (tertiary/aromatic N) is 4. The molecule has 8 nitrogen and oxygen atoms in total. The first-order valence-corrected chi connectivity index (χ1v) is 9.88. The maximum atomic E-state index is 10.8. The van der Waals surface area contributed by atoms with Crippen molar-refractivity contribution in [1.29, 1.82) is 0 Å². The van der Waals surface area contributed by atoms with Crippen LogP contribution in [0.1, 0.15) is 11.9 Å². The normalized spacial score (nSPS) is 32.2. The summed E-state index contributed by atoms with van der Waals surface area (Å²) >= 11 is 7.23. The topological polar surface area (TPSA) is 110 Å². The summed E-state index contributed by atoms with van der Waals surface area (Å²) in [6.45, 7) is 0.249. The molecule has 146 valence electrons. The molecule has 3 heterocycles. The van der Waals surface area contributed by atoms with Crippen molar-refractivity contribution in [2.75, 3.05) is 6.61 Å². The van der Waals surface area contributed by atoms with E-state index in [1.807, 2.05) is 30.3 Å². The van der Waals surface area contributed by atoms with Gasteiger partial charge in [-0.1, -0.05) is 58.8 Å². The fourth-order valence-electron chi connectivity index (χ4n) is 3.24. The number of aliphatic hydroxyl groups is 1. The zero-order chi connectivity index (χ0) is 19.5. The van der Waals surface area contributed by atoms with Crippen LogP contribution in [0.3, 0.4) is 0 Å². The van der Waals surface area contributed by atoms with Gasteiger partial charge in [0.1, 0.15) is 23.7 Å². The van der Waals surface area contributed by atoms with Gasteiger partial charge < -0.3 is 19.3 Å². The molecule has 2 aliphatic rings. The van der Waals surface area contributed by atoms with Gasteiger partial charge in [0.25, 0.3) is 0 Å². The zero-order valence-corrected chi connectivity index (χ0v) is 16.1. The monoisotopic (exact) mass is 420 g/mol. The Balaban J connectivity index is 1.54. The van der Waals surface area contributed by atoms with Gasteiger partial charge in [-0.05, 0) is 11.6 Å². The van der Waals surface area contributed by atoms with Gasteiger partial charge in [-0.15, -0.1) is 0 Å². The molecule has 10 heteroatoms. The van der Waals surface area contributed by atoms with Crippen molar-refractivity contribution in [2.45, 2.75) is 41.0 Å². The first-order chi connectivity index (χ1) is 13.7. The standard InChI is InChI=1S/C18H17ClN4O4S/c19-11-6-12(8-21-7-11)28-18-15(24)14(22-23-20)16-13(26-18)9-25-17(27-16)10-4-2-1-3-5-10/h1-8,13-18,24H,9H2/t13?,14?,15?,16-,17?,18+/m0/s1. The van der Waals surface area contributed by atoms with Crippen molar-refractivity contribution in [3.05, 3.63) is 69.8 Å². The van der Waals surface area contributed by atoms with Crippen molar-refractivity contribution in [3.63, 3.8) is 0 Å². The molecule has 4 rings (SSSR count). The Labute approximate surface area is 170 Å². The molecule has 0 spiro atoms. The highest BCUT2D eigenvalue weighted by Crippen LogP contribution is 2.40. The average Bonchev–Trinajstić information content (AvgIpc) is 2.71. The SMILES string of the molecule is [N-]=[N+]=NC1C(O)[C@@H](Sc2cncc(Cl)c2)OC2COC(c3ccccc3)O[C@@H]21. The molecule has 1 aromatic heterocycles. The number of ether oxygens (including phenoxy) is 3. The molecule has 2 fully saturated rings. The van der Waals surface area contributed by atoms with E-state index < -0.39 is 36.1 Å². The summed E-state index contributed by atoms with van der Waals surface area (Å²) in [6, 6.07) is 10.4. The van der Waals surface area contributed by atoms with E-state index in [-0.39, 0.29) is 6.61 Å². The molecule has 2 saturated heterocycles. The Morgan fingerprint density at radius 2 is 2.07 bits per heavy atom. The second-order valence-corrected chi connectivity index (χ2v) is 7.97. The third-order valence-corrected chi connectivity index (χ3v) is 5.85. The highest BCUT2D eigenvalue weighted by atomic mass is 35.5. The lowest BCUT2D eigenvalue weighted by Crippen LogP contribution is -2.60. The van der Waals surface area contributed by atoms with Gasteiger partial charge in [0, 0.05) is 27.8 Å². The van der Waals surface area contributed by atoms with E-state index >= 15 is 0 Å². The number of azide groups is 1. The number of thioether (sulfide) groups is 1. The average molecular weight is 421 g/mol. The van der Waals surface area contributed by atoms with Gasteiger partial charge in [-0.2, -0.15) is 0 Å². The first kappa shape index (κ1) is 19.5. The van der Waals surface area contributed by atoms with Crippen molar-refractivity contribution in [1.82, 2.24) is 4.98 Å². The Bertz CT molecular complexity index is 870. The number of benzene rings is 1. The zero-order valence-electron chi connectivity index (χ0n) is 14.5. The minimum Gasteiger partial charge on any atom is -0.389 e. The van der Waals surface area contributed by atoms with Crippen LogP contribution in [0, 0.1) is 0 Å². The molecule has 1 N–H and O–H groups in total. The quantitative estimate of drug-likeness (QED) is 0.458. The van der Waals surface area contributed by atoms with Crippen LogP contribution < -0.4 is 0 Å². The first-order valence-electron chi connectivity index (χ1n) is 8.62. The number of rotatable bonds is 4. The van der Waals surface area contributed by atoms with E-state index in [2.05, 4.69) is 15.0 Å². The molecule has 28 heavy (non-hydrogen) atoms. The fourth-order valence-corrected chi connectivity index (χ4v) is 4.56. The fraction of sp³-hybridized carbons (Fsp3) is 0.389. The molecule has 0 bridgehead atoms. The van der Waals surface area contributed by atoms with Gasteiger partial charge >= 0.3 is 0 Å². The van der Waals surface area contributed by atoms with Gasteiger partial charge in [0.2, 0.25) is 0 Å². The maximum Gasteiger partial charge on any atom is 0.184 e. The van der Waals surface area contributed by atoms with Crippen LogP contribution in [0.4, 0.5) is 0 Å². The summed E-state index contributed by atoms with van der Waals surface area (Å²) in [4.78, 5) is 7.66. The van der Waals surface area contributed by atoms with Crippen molar-refractivity contribution in [3.8, 4) is 0 Å². The summed E-state index contributed by atoms with van der Waals surface area (Å²) in [5, 5.41) is 15.1. The van der Waals surface area contributed by atoms with Crippen LogP contribution in [0.2, 0.25) is 5.02 Å². The molecular weight excluding hydrogens is 404 g/mol. The predicted molar refractivity (Wildman–Crippen MR) is 103 cm³/mol. The summed E-state index contributed by atoms with van der Waals surface area (Å²) in [5.41, 5.74) is 9.17. The second kappa shape index (κ2) is 8.67. The van der Waals surface area contributed by atoms with E-state index in [4.69, 9.17) is 31.3 Å². The van der Waals surface area contributed by atoms with Gasteiger partial charge in [0.05, 0.1) is 17.7 Å². The number of hydrogen-bond acceptors (Lipinski definition) is 7. The van der Waals surface area contributed by atoms with Gasteiger partial charge in [0.15, 0.2) is 6.29 Å². The number of aliphatic hydroxyl groups excluding tert-OH is 1. The van der Waals surface area contributed by atoms with E-state index in [0.717, 1.165) is 10.5 Å². The molecule has 1 aromatic carbocycles. The molecule has 4 unspecified atom stereocenters. The van der Waals surface area contributed by atoms with Crippen molar-refractivity contribution in [2.24, 2.45) is 5.11 Å². The summed E-state index contributed by atoms with van der Waals surface area (Å²) < 4.78 is 17.8. The van der Waals surface area contributed by atoms with Crippen molar-refractivity contribution < 1.29 is 19.3 Å². The smallest absolute Gasteiger partial charge is 0.184 e. The van der Waals surface area contributed by atoms with Crippen LogP contribution in [0.5, 0.6) is 0 Å². The number of aromatic nitrogens is 1. The Morgan fingerprint density at radius 1 is 1.25 bits per heavy atom. The Morgan fingerprint density at radius 3 is 2.82 bits per heavy atom. The largest absolute Gasteiger partial charge is 0.389 e. The lowest BCUT2D eigenvalue weighted by molar-refractivity contribution is -0.297. The lowest BCUT2D eigenvalue weighted by atomic mass is 9.97. The number of fused-ring (bicyclic) bond motifs is 1. The lowest BCUT2D eigenvalue weighted by Gasteiger charge is -2.46. The predicted octanol–water partition coefficient (Wildman–Crippen LogP) is 3.71. The van der Waals surface area contributed by atoms with Crippen LogP contribution >= 0.6 is 23.4 Å². The van der Waals surface area contributed by atoms with Gasteiger partial charge in [-0.25, -0.2) is 0 Å². The molecule has 0 radical (unpaired) electrons. The summed E-state index contributed by atoms with van der Waals surface area (Å²) in [5.74, 6) is 0. The molecule has 0 aliphatic carbocycles. The van der Waals surface area contributed by atoms with Crippen LogP contribution in [-0.2, 0) is 14.2 Å². The van der Waals surface area contributed by atoms with E-state index in [1.54, 1.807) is 12.3 Å². The van der Waals surface area contributed by atoms with Crippen molar-refractivity contribution >= 4 is 23.4 Å². The van der Waals surface area contributed by atoms with Crippen LogP contribution in [0.15, 0.2) is 58.8 Å². The van der Waals surface area contributed by atoms with E-state index in [1.165, 1.54) is 18.0 Å². The Hall–Kier alpha value is -1.84.